The van der Waals surface area contributed by atoms with Crippen LogP contribution in [0.1, 0.15) is 16.1 Å². The molecule has 0 amide bonds. The van der Waals surface area contributed by atoms with Crippen LogP contribution in [0.5, 0.6) is 0 Å². The number of carboxylic acid groups (broad SMARTS) is 1. The molecule has 1 aliphatic heterocycles. The van der Waals surface area contributed by atoms with Gasteiger partial charge in [0.05, 0.1) is 10.6 Å². The summed E-state index contributed by atoms with van der Waals surface area (Å²) in [6, 6.07) is 14.0. The van der Waals surface area contributed by atoms with Crippen molar-refractivity contribution in [3.63, 3.8) is 0 Å². The number of nitrogens with one attached hydrogen (secondary N) is 1. The van der Waals surface area contributed by atoms with Gasteiger partial charge in [-0.05, 0) is 56.9 Å². The quantitative estimate of drug-likeness (QED) is 0.641. The molecular weight excluding hydrogens is 386 g/mol. The molecular formula is C21H23N5O2S. The predicted octanol–water partition coefficient (Wildman–Crippen LogP) is 3.79. The van der Waals surface area contributed by atoms with Crippen molar-refractivity contribution in [2.45, 2.75) is 12.5 Å². The van der Waals surface area contributed by atoms with E-state index in [0.717, 1.165) is 30.1 Å². The molecule has 0 aliphatic carbocycles. The number of likely N-dealkylation sites (N-methyl/N-ethyl adjacent to an activating group) is 1. The van der Waals surface area contributed by atoms with Gasteiger partial charge in [-0.2, -0.15) is 0 Å². The summed E-state index contributed by atoms with van der Waals surface area (Å²) in [4.78, 5) is 25.7. The van der Waals surface area contributed by atoms with E-state index in [9.17, 15) is 4.79 Å². The highest BCUT2D eigenvalue weighted by Crippen LogP contribution is 2.29. The van der Waals surface area contributed by atoms with Gasteiger partial charge in [0.15, 0.2) is 0 Å². The maximum Gasteiger partial charge on any atom is 0.345 e. The largest absolute Gasteiger partial charge is 0.477 e. The summed E-state index contributed by atoms with van der Waals surface area (Å²) >= 11 is 1.20. The summed E-state index contributed by atoms with van der Waals surface area (Å²) in [5, 5.41) is 12.4. The highest BCUT2D eigenvalue weighted by molar-refractivity contribution is 7.17. The molecule has 150 valence electrons. The molecule has 29 heavy (non-hydrogen) atoms. The molecule has 3 aromatic rings. The van der Waals surface area contributed by atoms with Crippen LogP contribution in [0.4, 0.5) is 17.3 Å². The van der Waals surface area contributed by atoms with Gasteiger partial charge < -0.3 is 20.2 Å². The van der Waals surface area contributed by atoms with Crippen LogP contribution in [0.3, 0.4) is 0 Å². The molecule has 2 N–H and O–H groups in total. The Hall–Kier alpha value is -2.97. The number of hydrogen-bond acceptors (Lipinski definition) is 7. The lowest BCUT2D eigenvalue weighted by Crippen LogP contribution is -2.31. The molecule has 8 heteroatoms. The highest BCUT2D eigenvalue weighted by atomic mass is 32.1. The SMILES string of the molecule is CN(C)C1CCN(c2cccc(Nc3nccc(-c4ccc(C(=O)O)s4)n3)c2)C1. The standard InChI is InChI=1S/C21H23N5O2S/c1-25(2)16-9-11-26(13-16)15-5-3-4-14(12-15)23-21-22-10-8-17(24-21)18-6-7-19(29-18)20(27)28/h3-8,10,12,16H,9,11,13H2,1-2H3,(H,27,28)(H,22,23,24). The molecule has 2 aromatic heterocycles. The molecule has 1 atom stereocenters. The molecule has 0 saturated carbocycles. The van der Waals surface area contributed by atoms with E-state index in [1.54, 1.807) is 24.4 Å². The first-order valence-electron chi connectivity index (χ1n) is 9.44. The van der Waals surface area contributed by atoms with E-state index in [2.05, 4.69) is 51.3 Å². The Labute approximate surface area is 173 Å². The summed E-state index contributed by atoms with van der Waals surface area (Å²) in [5.74, 6) is -0.443. The zero-order valence-electron chi connectivity index (χ0n) is 16.4. The maximum atomic E-state index is 11.1. The lowest BCUT2D eigenvalue weighted by Gasteiger charge is -2.22. The van der Waals surface area contributed by atoms with Crippen LogP contribution in [0.25, 0.3) is 10.6 Å². The Morgan fingerprint density at radius 2 is 2.14 bits per heavy atom. The van der Waals surface area contributed by atoms with Gasteiger partial charge in [0.2, 0.25) is 5.95 Å². The first kappa shape index (κ1) is 19.4. The second kappa shape index (κ2) is 8.18. The van der Waals surface area contributed by atoms with E-state index in [0.29, 0.717) is 22.6 Å². The van der Waals surface area contributed by atoms with Crippen LogP contribution in [-0.2, 0) is 0 Å². The molecule has 0 spiro atoms. The van der Waals surface area contributed by atoms with Crippen molar-refractivity contribution in [1.82, 2.24) is 14.9 Å². The van der Waals surface area contributed by atoms with Gasteiger partial charge >= 0.3 is 5.97 Å². The number of carboxylic acids is 1. The van der Waals surface area contributed by atoms with Gasteiger partial charge in [0, 0.05) is 36.7 Å². The minimum absolute atomic E-state index is 0.294. The van der Waals surface area contributed by atoms with E-state index in [1.165, 1.54) is 17.0 Å². The molecule has 3 heterocycles. The van der Waals surface area contributed by atoms with Crippen LogP contribution in [0, 0.1) is 0 Å². The summed E-state index contributed by atoms with van der Waals surface area (Å²) in [6.07, 6.45) is 2.84. The average Bonchev–Trinajstić information content (AvgIpc) is 3.39. The number of hydrogen-bond donors (Lipinski definition) is 2. The lowest BCUT2D eigenvalue weighted by molar-refractivity contribution is 0.0702. The summed E-state index contributed by atoms with van der Waals surface area (Å²) in [5.41, 5.74) is 2.80. The molecule has 1 fully saturated rings. The van der Waals surface area contributed by atoms with Crippen molar-refractivity contribution in [3.05, 3.63) is 53.5 Å². The highest BCUT2D eigenvalue weighted by Gasteiger charge is 2.24. The average molecular weight is 410 g/mol. The zero-order chi connectivity index (χ0) is 20.4. The van der Waals surface area contributed by atoms with Crippen molar-refractivity contribution >= 4 is 34.6 Å². The third-order valence-electron chi connectivity index (χ3n) is 5.09. The first-order chi connectivity index (χ1) is 14.0. The number of aromatic carboxylic acids is 1. The minimum Gasteiger partial charge on any atom is -0.477 e. The van der Waals surface area contributed by atoms with Gasteiger partial charge in [-0.3, -0.25) is 0 Å². The van der Waals surface area contributed by atoms with Gasteiger partial charge in [0.25, 0.3) is 0 Å². The van der Waals surface area contributed by atoms with E-state index < -0.39 is 5.97 Å². The molecule has 0 radical (unpaired) electrons. The van der Waals surface area contributed by atoms with Gasteiger partial charge in [-0.25, -0.2) is 14.8 Å². The van der Waals surface area contributed by atoms with Crippen LogP contribution >= 0.6 is 11.3 Å². The number of nitrogens with zero attached hydrogens (tertiary/aromatic N) is 4. The van der Waals surface area contributed by atoms with Crippen molar-refractivity contribution < 1.29 is 9.90 Å². The van der Waals surface area contributed by atoms with Gasteiger partial charge in [0.1, 0.15) is 4.88 Å². The van der Waals surface area contributed by atoms with Crippen molar-refractivity contribution in [2.24, 2.45) is 0 Å². The van der Waals surface area contributed by atoms with Gasteiger partial charge in [-0.1, -0.05) is 6.07 Å². The zero-order valence-corrected chi connectivity index (χ0v) is 17.2. The fourth-order valence-corrected chi connectivity index (χ4v) is 4.27. The Kier molecular flexibility index (Phi) is 5.46. The van der Waals surface area contributed by atoms with Gasteiger partial charge in [-0.15, -0.1) is 11.3 Å². The van der Waals surface area contributed by atoms with Crippen molar-refractivity contribution in [1.29, 1.82) is 0 Å². The second-order valence-corrected chi connectivity index (χ2v) is 8.35. The molecule has 1 aliphatic rings. The number of carbonyl (C=O) groups is 1. The number of anilines is 3. The Balaban J connectivity index is 1.50. The fraction of sp³-hybridized carbons (Fsp3) is 0.286. The van der Waals surface area contributed by atoms with Crippen molar-refractivity contribution in [2.75, 3.05) is 37.4 Å². The second-order valence-electron chi connectivity index (χ2n) is 7.26. The Morgan fingerprint density at radius 1 is 1.28 bits per heavy atom. The summed E-state index contributed by atoms with van der Waals surface area (Å²) < 4.78 is 0. The topological polar surface area (TPSA) is 81.6 Å². The number of aromatic nitrogens is 2. The van der Waals surface area contributed by atoms with E-state index in [4.69, 9.17) is 5.11 Å². The lowest BCUT2D eigenvalue weighted by atomic mass is 10.2. The normalized spacial score (nSPS) is 16.4. The third-order valence-corrected chi connectivity index (χ3v) is 6.18. The van der Waals surface area contributed by atoms with E-state index in [1.807, 2.05) is 12.1 Å². The van der Waals surface area contributed by atoms with Crippen LogP contribution in [0.15, 0.2) is 48.7 Å². The van der Waals surface area contributed by atoms with Crippen LogP contribution in [-0.4, -0.2) is 59.2 Å². The monoisotopic (exact) mass is 409 g/mol. The Morgan fingerprint density at radius 3 is 2.86 bits per heavy atom. The third kappa shape index (κ3) is 4.38. The van der Waals surface area contributed by atoms with Crippen molar-refractivity contribution in [3.8, 4) is 10.6 Å². The molecule has 1 aromatic carbocycles. The summed E-state index contributed by atoms with van der Waals surface area (Å²) in [6.45, 7) is 2.06. The number of thiophene rings is 1. The molecule has 7 nitrogen and oxygen atoms in total. The van der Waals surface area contributed by atoms with Crippen LogP contribution < -0.4 is 10.2 Å². The summed E-state index contributed by atoms with van der Waals surface area (Å²) in [7, 11) is 4.26. The first-order valence-corrected chi connectivity index (χ1v) is 10.3. The fourth-order valence-electron chi connectivity index (χ4n) is 3.45. The molecule has 1 unspecified atom stereocenters. The number of rotatable bonds is 6. The van der Waals surface area contributed by atoms with E-state index >= 15 is 0 Å². The predicted molar refractivity (Wildman–Crippen MR) is 116 cm³/mol. The van der Waals surface area contributed by atoms with E-state index in [-0.39, 0.29) is 0 Å². The smallest absolute Gasteiger partial charge is 0.345 e. The maximum absolute atomic E-state index is 11.1. The molecule has 1 saturated heterocycles. The molecule has 0 bridgehead atoms. The molecule has 4 rings (SSSR count). The minimum atomic E-state index is -0.927. The Bertz CT molecular complexity index is 1020. The number of benzene rings is 1. The van der Waals surface area contributed by atoms with Crippen LogP contribution in [0.2, 0.25) is 0 Å².